The number of fused-ring (bicyclic) bond motifs is 1. The van der Waals surface area contributed by atoms with Crippen LogP contribution < -0.4 is 15.0 Å². The van der Waals surface area contributed by atoms with Crippen LogP contribution in [0.4, 0.5) is 11.4 Å². The number of nitrogens with zero attached hydrogens (tertiary/aromatic N) is 1. The molecule has 0 bridgehead atoms. The van der Waals surface area contributed by atoms with Gasteiger partial charge in [-0.15, -0.1) is 0 Å². The lowest BCUT2D eigenvalue weighted by atomic mass is 10.1. The summed E-state index contributed by atoms with van der Waals surface area (Å²) in [5.74, 6) is -0.622. The van der Waals surface area contributed by atoms with E-state index in [0.717, 1.165) is 11.3 Å². The summed E-state index contributed by atoms with van der Waals surface area (Å²) in [7, 11) is 0. The smallest absolute Gasteiger partial charge is 0.337 e. The van der Waals surface area contributed by atoms with Crippen molar-refractivity contribution in [3.63, 3.8) is 0 Å². The lowest BCUT2D eigenvalue weighted by Crippen LogP contribution is -2.27. The van der Waals surface area contributed by atoms with Crippen molar-refractivity contribution in [2.75, 3.05) is 23.4 Å². The summed E-state index contributed by atoms with van der Waals surface area (Å²) in [6.45, 7) is 1.52. The quantitative estimate of drug-likeness (QED) is 0.637. The summed E-state index contributed by atoms with van der Waals surface area (Å²) in [4.78, 5) is 26.4. The number of nitrogens with one attached hydrogen (secondary N) is 1. The van der Waals surface area contributed by atoms with Crippen molar-refractivity contribution in [3.05, 3.63) is 88.4 Å². The SMILES string of the molecule is O=C(Nc1ccc(N2CCOc3ccccc3C2)c(C(=O)O)c1)c1cccc(Cl)c1. The molecule has 0 fully saturated rings. The molecule has 0 saturated heterocycles. The molecular formula is C23H19ClN2O4. The Morgan fingerprint density at radius 1 is 1.03 bits per heavy atom. The fourth-order valence-corrected chi connectivity index (χ4v) is 3.62. The van der Waals surface area contributed by atoms with Gasteiger partial charge in [0.15, 0.2) is 0 Å². The van der Waals surface area contributed by atoms with Crippen LogP contribution in [0.1, 0.15) is 26.3 Å². The van der Waals surface area contributed by atoms with Gasteiger partial charge in [0.2, 0.25) is 0 Å². The molecule has 0 atom stereocenters. The topological polar surface area (TPSA) is 78.9 Å². The number of halogens is 1. The summed E-state index contributed by atoms with van der Waals surface area (Å²) in [5.41, 5.74) is 2.46. The molecule has 0 aliphatic carbocycles. The van der Waals surface area contributed by atoms with Gasteiger partial charge in [0.05, 0.1) is 17.8 Å². The van der Waals surface area contributed by atoms with Gasteiger partial charge < -0.3 is 20.1 Å². The van der Waals surface area contributed by atoms with E-state index in [1.807, 2.05) is 29.2 Å². The number of hydrogen-bond donors (Lipinski definition) is 2. The number of ether oxygens (including phenoxy) is 1. The van der Waals surface area contributed by atoms with Gasteiger partial charge in [0.1, 0.15) is 12.4 Å². The Kier molecular flexibility index (Phi) is 5.59. The number of benzene rings is 3. The van der Waals surface area contributed by atoms with Gasteiger partial charge in [-0.2, -0.15) is 0 Å². The largest absolute Gasteiger partial charge is 0.491 e. The molecule has 0 aromatic heterocycles. The first-order valence-electron chi connectivity index (χ1n) is 9.41. The summed E-state index contributed by atoms with van der Waals surface area (Å²) in [6, 6.07) is 19.2. The van der Waals surface area contributed by atoms with Gasteiger partial charge in [-0.1, -0.05) is 35.9 Å². The maximum atomic E-state index is 12.5. The molecule has 3 aromatic carbocycles. The van der Waals surface area contributed by atoms with Crippen LogP contribution in [0, 0.1) is 0 Å². The van der Waals surface area contributed by atoms with E-state index in [1.165, 1.54) is 6.07 Å². The van der Waals surface area contributed by atoms with Crippen molar-refractivity contribution in [2.24, 2.45) is 0 Å². The van der Waals surface area contributed by atoms with Gasteiger partial charge in [-0.05, 0) is 42.5 Å². The third kappa shape index (κ3) is 4.23. The Morgan fingerprint density at radius 2 is 1.87 bits per heavy atom. The van der Waals surface area contributed by atoms with E-state index in [1.54, 1.807) is 36.4 Å². The molecule has 30 heavy (non-hydrogen) atoms. The molecule has 2 N–H and O–H groups in total. The first kappa shape index (κ1) is 19.8. The predicted octanol–water partition coefficient (Wildman–Crippen LogP) is 4.69. The third-order valence-electron chi connectivity index (χ3n) is 4.86. The number of rotatable bonds is 4. The van der Waals surface area contributed by atoms with E-state index in [-0.39, 0.29) is 11.5 Å². The van der Waals surface area contributed by atoms with E-state index in [4.69, 9.17) is 16.3 Å². The molecule has 1 amide bonds. The van der Waals surface area contributed by atoms with Crippen LogP contribution in [0.5, 0.6) is 5.75 Å². The molecule has 0 unspecified atom stereocenters. The molecular weight excluding hydrogens is 404 g/mol. The van der Waals surface area contributed by atoms with Gasteiger partial charge >= 0.3 is 5.97 Å². The van der Waals surface area contributed by atoms with Crippen molar-refractivity contribution < 1.29 is 19.4 Å². The van der Waals surface area contributed by atoms with Crippen LogP contribution in [0.25, 0.3) is 0 Å². The average Bonchev–Trinajstić information content (AvgIpc) is 2.96. The normalized spacial score (nSPS) is 13.0. The Morgan fingerprint density at radius 3 is 2.67 bits per heavy atom. The molecule has 4 rings (SSSR count). The van der Waals surface area contributed by atoms with Crippen LogP contribution in [0.2, 0.25) is 5.02 Å². The maximum Gasteiger partial charge on any atom is 0.337 e. The minimum absolute atomic E-state index is 0.110. The average molecular weight is 423 g/mol. The second kappa shape index (κ2) is 8.47. The number of aromatic carboxylic acids is 1. The highest BCUT2D eigenvalue weighted by molar-refractivity contribution is 6.31. The molecule has 1 aliphatic rings. The monoisotopic (exact) mass is 422 g/mol. The molecule has 3 aromatic rings. The zero-order chi connectivity index (χ0) is 21.1. The second-order valence-corrected chi connectivity index (χ2v) is 7.32. The van der Waals surface area contributed by atoms with Crippen molar-refractivity contribution in [1.29, 1.82) is 0 Å². The molecule has 0 radical (unpaired) electrons. The van der Waals surface area contributed by atoms with Gasteiger partial charge in [-0.3, -0.25) is 4.79 Å². The standard InChI is InChI=1S/C23H19ClN2O4/c24-17-6-3-5-15(12-17)22(27)25-18-8-9-20(19(13-18)23(28)29)26-10-11-30-21-7-2-1-4-16(21)14-26/h1-9,12-13H,10-11,14H2,(H,25,27)(H,28,29). The fraction of sp³-hybridized carbons (Fsp3) is 0.130. The third-order valence-corrected chi connectivity index (χ3v) is 5.10. The number of carbonyl (C=O) groups excluding carboxylic acids is 1. The molecule has 6 nitrogen and oxygen atoms in total. The molecule has 1 heterocycles. The van der Waals surface area contributed by atoms with Crippen LogP contribution in [0.3, 0.4) is 0 Å². The van der Waals surface area contributed by atoms with E-state index in [2.05, 4.69) is 5.32 Å². The molecule has 0 saturated carbocycles. The highest BCUT2D eigenvalue weighted by atomic mass is 35.5. The first-order chi connectivity index (χ1) is 14.5. The van der Waals surface area contributed by atoms with E-state index < -0.39 is 5.97 Å². The van der Waals surface area contributed by atoms with E-state index in [9.17, 15) is 14.7 Å². The number of carboxylic acid groups (broad SMARTS) is 1. The molecule has 152 valence electrons. The Bertz CT molecular complexity index is 1120. The van der Waals surface area contributed by atoms with Crippen molar-refractivity contribution in [3.8, 4) is 5.75 Å². The Balaban J connectivity index is 1.61. The van der Waals surface area contributed by atoms with Gasteiger partial charge in [0, 0.05) is 28.4 Å². The lowest BCUT2D eigenvalue weighted by molar-refractivity contribution is 0.0697. The number of anilines is 2. The molecule has 7 heteroatoms. The lowest BCUT2D eigenvalue weighted by Gasteiger charge is -2.24. The number of hydrogen-bond acceptors (Lipinski definition) is 4. The summed E-state index contributed by atoms with van der Waals surface area (Å²) < 4.78 is 5.78. The zero-order valence-electron chi connectivity index (χ0n) is 16.0. The Labute approximate surface area is 178 Å². The van der Waals surface area contributed by atoms with Crippen molar-refractivity contribution >= 4 is 34.9 Å². The van der Waals surface area contributed by atoms with E-state index >= 15 is 0 Å². The summed E-state index contributed by atoms with van der Waals surface area (Å²) >= 11 is 5.94. The fourth-order valence-electron chi connectivity index (χ4n) is 3.43. The van der Waals surface area contributed by atoms with Crippen LogP contribution in [0.15, 0.2) is 66.7 Å². The van der Waals surface area contributed by atoms with Crippen molar-refractivity contribution in [1.82, 2.24) is 0 Å². The van der Waals surface area contributed by atoms with E-state index in [0.29, 0.717) is 41.7 Å². The van der Waals surface area contributed by atoms with Crippen LogP contribution in [-0.2, 0) is 6.54 Å². The minimum atomic E-state index is -1.07. The molecule has 0 spiro atoms. The van der Waals surface area contributed by atoms with Crippen molar-refractivity contribution in [2.45, 2.75) is 6.54 Å². The number of amides is 1. The minimum Gasteiger partial charge on any atom is -0.491 e. The second-order valence-electron chi connectivity index (χ2n) is 6.88. The summed E-state index contributed by atoms with van der Waals surface area (Å²) in [6.07, 6.45) is 0. The zero-order valence-corrected chi connectivity index (χ0v) is 16.7. The number of carboxylic acids is 1. The first-order valence-corrected chi connectivity index (χ1v) is 9.79. The number of carbonyl (C=O) groups is 2. The summed E-state index contributed by atoms with van der Waals surface area (Å²) in [5, 5.41) is 13.0. The Hall–Kier alpha value is -3.51. The van der Waals surface area contributed by atoms with Crippen LogP contribution in [-0.4, -0.2) is 30.1 Å². The predicted molar refractivity (Wildman–Crippen MR) is 116 cm³/mol. The number of para-hydroxylation sites is 1. The van der Waals surface area contributed by atoms with Crippen LogP contribution >= 0.6 is 11.6 Å². The van der Waals surface area contributed by atoms with Gasteiger partial charge in [0.25, 0.3) is 5.91 Å². The van der Waals surface area contributed by atoms with Gasteiger partial charge in [-0.25, -0.2) is 4.79 Å². The molecule has 1 aliphatic heterocycles. The highest BCUT2D eigenvalue weighted by Crippen LogP contribution is 2.30. The maximum absolute atomic E-state index is 12.5. The highest BCUT2D eigenvalue weighted by Gasteiger charge is 2.21.